The molecule has 3 nitrogen and oxygen atoms in total. The average Bonchev–Trinajstić information content (AvgIpc) is 3.38. The number of carbonyl (C=O) groups is 1. The van der Waals surface area contributed by atoms with Gasteiger partial charge in [0.1, 0.15) is 5.75 Å². The first-order chi connectivity index (χ1) is 12.2. The van der Waals surface area contributed by atoms with Gasteiger partial charge < -0.3 is 10.1 Å². The van der Waals surface area contributed by atoms with E-state index in [1.54, 1.807) is 25.1 Å². The van der Waals surface area contributed by atoms with Crippen LogP contribution in [0, 0.1) is 12.8 Å². The Morgan fingerprint density at radius 3 is 2.62 bits per heavy atom. The van der Waals surface area contributed by atoms with Crippen molar-refractivity contribution < 1.29 is 22.7 Å². The van der Waals surface area contributed by atoms with Gasteiger partial charge in [0.2, 0.25) is 5.91 Å². The Hall–Kier alpha value is -2.21. The molecule has 0 bridgehead atoms. The quantitative estimate of drug-likeness (QED) is 0.765. The molecule has 1 N–H and O–H groups in total. The van der Waals surface area contributed by atoms with Crippen LogP contribution in [0.3, 0.4) is 0 Å². The van der Waals surface area contributed by atoms with Crippen molar-refractivity contribution in [2.75, 3.05) is 12.4 Å². The molecule has 7 heteroatoms. The van der Waals surface area contributed by atoms with E-state index in [-0.39, 0.29) is 11.5 Å². The summed E-state index contributed by atoms with van der Waals surface area (Å²) in [6.07, 6.45) is -4.05. The summed E-state index contributed by atoms with van der Waals surface area (Å²) in [5.41, 5.74) is 0.700. The molecule has 3 rings (SSSR count). The zero-order valence-corrected chi connectivity index (χ0v) is 14.9. The molecule has 0 heterocycles. The highest BCUT2D eigenvalue weighted by atomic mass is 35.5. The first-order valence-electron chi connectivity index (χ1n) is 8.03. The molecule has 26 heavy (non-hydrogen) atoms. The zero-order valence-electron chi connectivity index (χ0n) is 14.2. The first-order valence-corrected chi connectivity index (χ1v) is 8.41. The molecule has 2 aromatic carbocycles. The van der Waals surface area contributed by atoms with Gasteiger partial charge in [-0.1, -0.05) is 29.8 Å². The summed E-state index contributed by atoms with van der Waals surface area (Å²) in [4.78, 5) is 12.5. The molecule has 1 amide bonds. The highest BCUT2D eigenvalue weighted by Gasteiger charge is 2.47. The Bertz CT molecular complexity index is 851. The Morgan fingerprint density at radius 2 is 1.96 bits per heavy atom. The van der Waals surface area contributed by atoms with Gasteiger partial charge in [0, 0.05) is 17.0 Å². The maximum absolute atomic E-state index is 13.2. The van der Waals surface area contributed by atoms with Crippen LogP contribution in [0.25, 0.3) is 0 Å². The van der Waals surface area contributed by atoms with Gasteiger partial charge >= 0.3 is 6.18 Å². The lowest BCUT2D eigenvalue weighted by atomic mass is 10.0. The Morgan fingerprint density at radius 1 is 1.27 bits per heavy atom. The van der Waals surface area contributed by atoms with Crippen LogP contribution in [0.1, 0.15) is 29.0 Å². The topological polar surface area (TPSA) is 38.3 Å². The van der Waals surface area contributed by atoms with E-state index in [4.69, 9.17) is 16.3 Å². The van der Waals surface area contributed by atoms with Crippen molar-refractivity contribution in [3.63, 3.8) is 0 Å². The molecule has 0 spiro atoms. The van der Waals surface area contributed by atoms with Crippen LogP contribution >= 0.6 is 11.6 Å². The second kappa shape index (κ2) is 6.83. The molecule has 0 aliphatic heterocycles. The van der Waals surface area contributed by atoms with Crippen LogP contribution in [-0.4, -0.2) is 13.0 Å². The molecular formula is C19H17ClF3NO2. The van der Waals surface area contributed by atoms with Crippen LogP contribution in [0.5, 0.6) is 5.75 Å². The highest BCUT2D eigenvalue weighted by Crippen LogP contribution is 2.51. The van der Waals surface area contributed by atoms with Crippen LogP contribution in [0.4, 0.5) is 18.9 Å². The van der Waals surface area contributed by atoms with Gasteiger partial charge in [-0.2, -0.15) is 13.2 Å². The number of carbonyl (C=O) groups excluding carboxylic acids is 1. The Kier molecular flexibility index (Phi) is 4.88. The summed E-state index contributed by atoms with van der Waals surface area (Å²) in [6.45, 7) is 1.79. The van der Waals surface area contributed by atoms with Crippen molar-refractivity contribution in [1.29, 1.82) is 0 Å². The molecule has 1 saturated carbocycles. The van der Waals surface area contributed by atoms with E-state index < -0.39 is 23.6 Å². The number of hydrogen-bond acceptors (Lipinski definition) is 2. The molecule has 1 aliphatic carbocycles. The van der Waals surface area contributed by atoms with Gasteiger partial charge in [0.05, 0.1) is 18.4 Å². The summed E-state index contributed by atoms with van der Waals surface area (Å²) >= 11 is 6.04. The number of ether oxygens (including phenoxy) is 1. The number of rotatable bonds is 4. The fraction of sp³-hybridized carbons (Fsp3) is 0.316. The molecule has 1 aliphatic rings. The van der Waals surface area contributed by atoms with E-state index in [9.17, 15) is 18.0 Å². The lowest BCUT2D eigenvalue weighted by Crippen LogP contribution is -2.16. The van der Waals surface area contributed by atoms with Crippen molar-refractivity contribution in [2.45, 2.75) is 25.4 Å². The summed E-state index contributed by atoms with van der Waals surface area (Å²) in [7, 11) is 1.45. The van der Waals surface area contributed by atoms with Crippen LogP contribution in [0.2, 0.25) is 5.02 Å². The van der Waals surface area contributed by atoms with Crippen LogP contribution < -0.4 is 10.1 Å². The predicted octanol–water partition coefficient (Wildman–Crippen LogP) is 5.42. The predicted molar refractivity (Wildman–Crippen MR) is 93.7 cm³/mol. The van der Waals surface area contributed by atoms with E-state index in [0.29, 0.717) is 22.9 Å². The smallest absolute Gasteiger partial charge is 0.416 e. The second-order valence-corrected chi connectivity index (χ2v) is 6.73. The normalized spacial score (nSPS) is 19.2. The van der Waals surface area contributed by atoms with E-state index >= 15 is 0 Å². The molecule has 2 atom stereocenters. The molecule has 0 saturated heterocycles. The van der Waals surface area contributed by atoms with Crippen LogP contribution in [-0.2, 0) is 11.0 Å². The number of nitrogens with one attached hydrogen (secondary N) is 1. The maximum Gasteiger partial charge on any atom is 0.416 e. The van der Waals surface area contributed by atoms with Crippen LogP contribution in [0.15, 0.2) is 36.4 Å². The molecule has 2 aromatic rings. The Balaban J connectivity index is 1.78. The summed E-state index contributed by atoms with van der Waals surface area (Å²) in [5, 5.41) is 3.25. The van der Waals surface area contributed by atoms with Gasteiger partial charge in [0.25, 0.3) is 0 Å². The average molecular weight is 384 g/mol. The standard InChI is InChI=1S/C19H17ClF3NO2/c1-10-7-16(17(26-2)9-15(10)20)24-18(25)13-8-12(13)11-5-3-4-6-14(11)19(21,22)23/h3-7,9,12-13H,8H2,1-2H3,(H,24,25). The van der Waals surface area contributed by atoms with Crippen molar-refractivity contribution in [2.24, 2.45) is 5.92 Å². The van der Waals surface area contributed by atoms with Gasteiger partial charge in [-0.05, 0) is 42.5 Å². The maximum atomic E-state index is 13.2. The van der Waals surface area contributed by atoms with E-state index in [2.05, 4.69) is 5.32 Å². The minimum Gasteiger partial charge on any atom is -0.495 e. The van der Waals surface area contributed by atoms with Crippen molar-refractivity contribution in [3.8, 4) is 5.75 Å². The molecule has 138 valence electrons. The third-order valence-corrected chi connectivity index (χ3v) is 4.94. The Labute approximate surface area is 154 Å². The van der Waals surface area contributed by atoms with E-state index in [1.165, 1.54) is 19.2 Å². The lowest BCUT2D eigenvalue weighted by molar-refractivity contribution is -0.138. The van der Waals surface area contributed by atoms with Crippen molar-refractivity contribution in [3.05, 3.63) is 58.1 Å². The van der Waals surface area contributed by atoms with E-state index in [1.807, 2.05) is 0 Å². The monoisotopic (exact) mass is 383 g/mol. The van der Waals surface area contributed by atoms with Gasteiger partial charge in [-0.15, -0.1) is 0 Å². The fourth-order valence-electron chi connectivity index (χ4n) is 3.06. The summed E-state index contributed by atoms with van der Waals surface area (Å²) in [6, 6.07) is 8.67. The number of hydrogen-bond donors (Lipinski definition) is 1. The third-order valence-electron chi connectivity index (χ3n) is 4.53. The zero-order chi connectivity index (χ0) is 19.1. The number of halogens is 4. The molecular weight excluding hydrogens is 367 g/mol. The SMILES string of the molecule is COc1cc(Cl)c(C)cc1NC(=O)C1CC1c1ccccc1C(F)(F)F. The summed E-state index contributed by atoms with van der Waals surface area (Å²) in [5.74, 6) is -0.861. The largest absolute Gasteiger partial charge is 0.495 e. The number of amides is 1. The first kappa shape index (κ1) is 18.6. The molecule has 0 radical (unpaired) electrons. The molecule has 1 fully saturated rings. The highest BCUT2D eigenvalue weighted by molar-refractivity contribution is 6.31. The third kappa shape index (κ3) is 3.65. The number of methoxy groups -OCH3 is 1. The number of anilines is 1. The summed E-state index contributed by atoms with van der Waals surface area (Å²) < 4.78 is 44.7. The van der Waals surface area contributed by atoms with Gasteiger partial charge in [0.15, 0.2) is 0 Å². The molecule has 0 aromatic heterocycles. The second-order valence-electron chi connectivity index (χ2n) is 6.32. The molecule has 2 unspecified atom stereocenters. The van der Waals surface area contributed by atoms with Gasteiger partial charge in [-0.3, -0.25) is 4.79 Å². The van der Waals surface area contributed by atoms with E-state index in [0.717, 1.165) is 11.6 Å². The number of benzene rings is 2. The minimum atomic E-state index is -4.43. The van der Waals surface area contributed by atoms with Crippen molar-refractivity contribution >= 4 is 23.2 Å². The fourth-order valence-corrected chi connectivity index (χ4v) is 3.22. The lowest BCUT2D eigenvalue weighted by Gasteiger charge is -2.14. The number of alkyl halides is 3. The van der Waals surface area contributed by atoms with Gasteiger partial charge in [-0.25, -0.2) is 0 Å². The van der Waals surface area contributed by atoms with Crippen molar-refractivity contribution in [1.82, 2.24) is 0 Å². The number of aryl methyl sites for hydroxylation is 1. The minimum absolute atomic E-state index is 0.166.